The van der Waals surface area contributed by atoms with Gasteiger partial charge in [-0.15, -0.1) is 11.8 Å². The molecule has 0 bridgehead atoms. The summed E-state index contributed by atoms with van der Waals surface area (Å²) in [6, 6.07) is 8.33. The molecule has 0 aromatic heterocycles. The monoisotopic (exact) mass is 281 g/mol. The molecule has 1 unspecified atom stereocenters. The first kappa shape index (κ1) is 16.4. The van der Waals surface area contributed by atoms with Gasteiger partial charge >= 0.3 is 0 Å². The van der Waals surface area contributed by atoms with Crippen molar-refractivity contribution in [3.05, 3.63) is 24.3 Å². The van der Waals surface area contributed by atoms with Crippen molar-refractivity contribution in [1.29, 1.82) is 0 Å². The third-order valence-corrected chi connectivity index (χ3v) is 3.66. The van der Waals surface area contributed by atoms with Crippen molar-refractivity contribution in [2.75, 3.05) is 19.3 Å². The summed E-state index contributed by atoms with van der Waals surface area (Å²) in [5.41, 5.74) is 0. The summed E-state index contributed by atoms with van der Waals surface area (Å²) in [6.45, 7) is 8.79. The van der Waals surface area contributed by atoms with E-state index in [1.165, 1.54) is 4.90 Å². The maximum Gasteiger partial charge on any atom is 0.119 e. The second-order valence-corrected chi connectivity index (χ2v) is 6.22. The molecule has 2 nitrogen and oxygen atoms in total. The van der Waals surface area contributed by atoms with Gasteiger partial charge in [0.25, 0.3) is 0 Å². The van der Waals surface area contributed by atoms with E-state index in [1.807, 2.05) is 0 Å². The van der Waals surface area contributed by atoms with Crippen molar-refractivity contribution >= 4 is 11.8 Å². The quantitative estimate of drug-likeness (QED) is 0.541. The molecule has 1 aromatic rings. The van der Waals surface area contributed by atoms with Crippen molar-refractivity contribution in [2.45, 2.75) is 44.6 Å². The van der Waals surface area contributed by atoms with E-state index in [0.717, 1.165) is 37.6 Å². The number of ether oxygens (including phenoxy) is 1. The van der Waals surface area contributed by atoms with Gasteiger partial charge in [0.15, 0.2) is 0 Å². The van der Waals surface area contributed by atoms with Crippen molar-refractivity contribution < 1.29 is 4.74 Å². The number of hydrogen-bond acceptors (Lipinski definition) is 3. The van der Waals surface area contributed by atoms with Crippen molar-refractivity contribution in [1.82, 2.24) is 5.32 Å². The van der Waals surface area contributed by atoms with Crippen LogP contribution in [0.25, 0.3) is 0 Å². The third kappa shape index (κ3) is 7.48. The van der Waals surface area contributed by atoms with Crippen LogP contribution >= 0.6 is 11.8 Å². The summed E-state index contributed by atoms with van der Waals surface area (Å²) >= 11 is 1.75. The Morgan fingerprint density at radius 1 is 1.16 bits per heavy atom. The molecule has 1 N–H and O–H groups in total. The molecule has 108 valence electrons. The highest BCUT2D eigenvalue weighted by atomic mass is 32.2. The zero-order valence-corrected chi connectivity index (χ0v) is 13.4. The molecule has 1 rings (SSSR count). The molecule has 19 heavy (non-hydrogen) atoms. The van der Waals surface area contributed by atoms with Gasteiger partial charge in [0.05, 0.1) is 6.10 Å². The highest BCUT2D eigenvalue weighted by Crippen LogP contribution is 2.20. The van der Waals surface area contributed by atoms with Crippen LogP contribution in [0.3, 0.4) is 0 Å². The van der Waals surface area contributed by atoms with Gasteiger partial charge in [-0.3, -0.25) is 0 Å². The average Bonchev–Trinajstić information content (AvgIpc) is 2.39. The Bertz CT molecular complexity index is 337. The van der Waals surface area contributed by atoms with Crippen LogP contribution in [0.5, 0.6) is 5.75 Å². The van der Waals surface area contributed by atoms with Crippen LogP contribution in [0.2, 0.25) is 0 Å². The van der Waals surface area contributed by atoms with Gasteiger partial charge in [-0.05, 0) is 69.3 Å². The van der Waals surface area contributed by atoms with E-state index < -0.39 is 0 Å². The molecule has 0 spiro atoms. The molecule has 0 heterocycles. The molecule has 0 radical (unpaired) electrons. The van der Waals surface area contributed by atoms with Crippen LogP contribution in [0.4, 0.5) is 0 Å². The van der Waals surface area contributed by atoms with Gasteiger partial charge in [0.2, 0.25) is 0 Å². The molecule has 0 saturated carbocycles. The zero-order chi connectivity index (χ0) is 14.1. The number of thioether (sulfide) groups is 1. The van der Waals surface area contributed by atoms with Crippen LogP contribution in [0.1, 0.15) is 33.6 Å². The van der Waals surface area contributed by atoms with E-state index in [1.54, 1.807) is 11.8 Å². The van der Waals surface area contributed by atoms with Crippen LogP contribution in [-0.2, 0) is 0 Å². The van der Waals surface area contributed by atoms with Crippen LogP contribution in [-0.4, -0.2) is 25.4 Å². The molecular formula is C16H27NOS. The summed E-state index contributed by atoms with van der Waals surface area (Å²) in [5.74, 6) is 1.70. The number of rotatable bonds is 9. The fourth-order valence-electron chi connectivity index (χ4n) is 1.85. The summed E-state index contributed by atoms with van der Waals surface area (Å²) < 4.78 is 5.90. The minimum atomic E-state index is 0.279. The average molecular weight is 281 g/mol. The lowest BCUT2D eigenvalue weighted by molar-refractivity contribution is 0.207. The standard InChI is InChI=1S/C16H27NOS/c1-13(2)12-17-11-5-6-14(3)18-15-7-9-16(19-4)10-8-15/h7-10,13-14,17H,5-6,11-12H2,1-4H3. The molecule has 0 saturated heterocycles. The Kier molecular flexibility index (Phi) is 7.99. The Morgan fingerprint density at radius 3 is 2.42 bits per heavy atom. The second kappa shape index (κ2) is 9.27. The van der Waals surface area contributed by atoms with Crippen LogP contribution < -0.4 is 10.1 Å². The molecule has 0 aliphatic carbocycles. The largest absolute Gasteiger partial charge is 0.491 e. The molecule has 0 fully saturated rings. The van der Waals surface area contributed by atoms with Gasteiger partial charge in [-0.2, -0.15) is 0 Å². The first-order valence-electron chi connectivity index (χ1n) is 7.13. The minimum absolute atomic E-state index is 0.279. The van der Waals surface area contributed by atoms with E-state index in [0.29, 0.717) is 0 Å². The predicted molar refractivity (Wildman–Crippen MR) is 85.3 cm³/mol. The lowest BCUT2D eigenvalue weighted by Crippen LogP contribution is -2.22. The molecule has 1 atom stereocenters. The lowest BCUT2D eigenvalue weighted by atomic mass is 10.2. The highest BCUT2D eigenvalue weighted by molar-refractivity contribution is 7.98. The van der Waals surface area contributed by atoms with E-state index in [-0.39, 0.29) is 6.10 Å². The van der Waals surface area contributed by atoms with E-state index >= 15 is 0 Å². The Labute approximate surface area is 122 Å². The molecule has 3 heteroatoms. The Balaban J connectivity index is 2.17. The first-order valence-corrected chi connectivity index (χ1v) is 8.35. The van der Waals surface area contributed by atoms with Crippen LogP contribution in [0, 0.1) is 5.92 Å². The molecule has 0 aliphatic heterocycles. The Morgan fingerprint density at radius 2 is 1.84 bits per heavy atom. The SMILES string of the molecule is CSc1ccc(OC(C)CCCNCC(C)C)cc1. The zero-order valence-electron chi connectivity index (χ0n) is 12.6. The summed E-state index contributed by atoms with van der Waals surface area (Å²) in [6.07, 6.45) is 4.62. The van der Waals surface area contributed by atoms with Gasteiger partial charge in [-0.25, -0.2) is 0 Å². The maximum absolute atomic E-state index is 5.90. The van der Waals surface area contributed by atoms with Crippen LogP contribution in [0.15, 0.2) is 29.2 Å². The van der Waals surface area contributed by atoms with Crippen molar-refractivity contribution in [3.8, 4) is 5.75 Å². The predicted octanol–water partition coefficient (Wildman–Crippen LogP) is 4.20. The van der Waals surface area contributed by atoms with E-state index in [4.69, 9.17) is 4.74 Å². The van der Waals surface area contributed by atoms with E-state index in [9.17, 15) is 0 Å². The summed E-state index contributed by atoms with van der Waals surface area (Å²) in [4.78, 5) is 1.28. The molecule has 0 aliphatic rings. The molecule has 0 amide bonds. The number of benzene rings is 1. The van der Waals surface area contributed by atoms with Crippen molar-refractivity contribution in [3.63, 3.8) is 0 Å². The topological polar surface area (TPSA) is 21.3 Å². The molecular weight excluding hydrogens is 254 g/mol. The summed E-state index contributed by atoms with van der Waals surface area (Å²) in [7, 11) is 0. The van der Waals surface area contributed by atoms with Gasteiger partial charge in [0.1, 0.15) is 5.75 Å². The van der Waals surface area contributed by atoms with Gasteiger partial charge in [0, 0.05) is 4.90 Å². The Hall–Kier alpha value is -0.670. The minimum Gasteiger partial charge on any atom is -0.491 e. The van der Waals surface area contributed by atoms with Crippen molar-refractivity contribution in [2.24, 2.45) is 5.92 Å². The maximum atomic E-state index is 5.90. The summed E-state index contributed by atoms with van der Waals surface area (Å²) in [5, 5.41) is 3.46. The number of hydrogen-bond donors (Lipinski definition) is 1. The number of nitrogens with one attached hydrogen (secondary N) is 1. The third-order valence-electron chi connectivity index (χ3n) is 2.91. The highest BCUT2D eigenvalue weighted by Gasteiger charge is 2.04. The van der Waals surface area contributed by atoms with E-state index in [2.05, 4.69) is 56.6 Å². The van der Waals surface area contributed by atoms with Gasteiger partial charge in [-0.1, -0.05) is 13.8 Å². The fourth-order valence-corrected chi connectivity index (χ4v) is 2.26. The normalized spacial score (nSPS) is 12.7. The fraction of sp³-hybridized carbons (Fsp3) is 0.625. The second-order valence-electron chi connectivity index (χ2n) is 5.34. The van der Waals surface area contributed by atoms with Gasteiger partial charge < -0.3 is 10.1 Å². The smallest absolute Gasteiger partial charge is 0.119 e. The lowest BCUT2D eigenvalue weighted by Gasteiger charge is -2.15. The first-order chi connectivity index (χ1) is 9.11. The molecule has 1 aromatic carbocycles.